The fourth-order valence-corrected chi connectivity index (χ4v) is 2.23. The maximum atomic E-state index is 11.3. The van der Waals surface area contributed by atoms with Gasteiger partial charge >= 0.3 is 0 Å². The van der Waals surface area contributed by atoms with Gasteiger partial charge in [0.1, 0.15) is 0 Å². The van der Waals surface area contributed by atoms with Gasteiger partial charge in [-0.05, 0) is 5.56 Å². The fraction of sp³-hybridized carbons (Fsp3) is 0.300. The number of benzene rings is 1. The van der Waals surface area contributed by atoms with Crippen LogP contribution in [0, 0.1) is 10.1 Å². The Morgan fingerprint density at radius 1 is 1.45 bits per heavy atom. The Morgan fingerprint density at radius 2 is 2.15 bits per heavy atom. The van der Waals surface area contributed by atoms with E-state index in [-0.39, 0.29) is 30.4 Å². The zero-order chi connectivity index (χ0) is 14.9. The summed E-state index contributed by atoms with van der Waals surface area (Å²) in [5.74, 6) is -0.319. The molecule has 1 heterocycles. The fourth-order valence-electron chi connectivity index (χ4n) is 1.81. The van der Waals surface area contributed by atoms with Crippen molar-refractivity contribution in [3.63, 3.8) is 0 Å². The summed E-state index contributed by atoms with van der Waals surface area (Å²) in [5, 5.41) is 16.2. The summed E-state index contributed by atoms with van der Waals surface area (Å²) in [5.41, 5.74) is 0.907. The Morgan fingerprint density at radius 3 is 2.75 bits per heavy atom. The smallest absolute Gasteiger partial charge is 0.271 e. The molecule has 0 radical (unpaired) electrons. The molecular formula is C10H12N4O5S. The van der Waals surface area contributed by atoms with Crippen LogP contribution in [0.4, 0.5) is 17.1 Å². The molecule has 0 aromatic heterocycles. The molecule has 0 saturated heterocycles. The van der Waals surface area contributed by atoms with Gasteiger partial charge in [0.15, 0.2) is 0 Å². The van der Waals surface area contributed by atoms with Gasteiger partial charge < -0.3 is 10.6 Å². The summed E-state index contributed by atoms with van der Waals surface area (Å²) in [6.45, 7) is -0.0809. The van der Waals surface area contributed by atoms with Gasteiger partial charge in [-0.1, -0.05) is 0 Å². The van der Waals surface area contributed by atoms with E-state index < -0.39 is 14.9 Å². The van der Waals surface area contributed by atoms with Crippen molar-refractivity contribution < 1.29 is 18.1 Å². The lowest BCUT2D eigenvalue weighted by molar-refractivity contribution is -0.384. The molecule has 0 spiro atoms. The molecule has 1 aliphatic heterocycles. The van der Waals surface area contributed by atoms with Crippen molar-refractivity contribution in [2.45, 2.75) is 6.54 Å². The Bertz CT molecular complexity index is 685. The number of fused-ring (bicyclic) bond motifs is 1. The number of nitrogens with one attached hydrogen (secondary N) is 3. The molecule has 1 aromatic rings. The SMILES string of the molecule is CS(=O)(=O)NCc1cc([N+](=O)[O-])cc2c1NCC(=O)N2. The first-order chi connectivity index (χ1) is 9.26. The lowest BCUT2D eigenvalue weighted by Gasteiger charge is -2.21. The third-order valence-electron chi connectivity index (χ3n) is 2.64. The largest absolute Gasteiger partial charge is 0.374 e. The normalized spacial score (nSPS) is 14.2. The first kappa shape index (κ1) is 14.2. The van der Waals surface area contributed by atoms with Crippen LogP contribution in [-0.4, -0.2) is 32.0 Å². The monoisotopic (exact) mass is 300 g/mol. The third kappa shape index (κ3) is 3.22. The highest BCUT2D eigenvalue weighted by molar-refractivity contribution is 7.88. The standard InChI is InChI=1S/C10H12N4O5S/c1-20(18,19)12-4-6-2-7(14(16)17)3-8-10(6)11-5-9(15)13-8/h2-3,11-12H,4-5H2,1H3,(H,13,15). The van der Waals surface area contributed by atoms with Gasteiger partial charge in [-0.3, -0.25) is 14.9 Å². The molecule has 1 aromatic carbocycles. The van der Waals surface area contributed by atoms with E-state index >= 15 is 0 Å². The second-order valence-electron chi connectivity index (χ2n) is 4.28. The zero-order valence-electron chi connectivity index (χ0n) is 10.5. The molecule has 9 nitrogen and oxygen atoms in total. The minimum atomic E-state index is -3.43. The van der Waals surface area contributed by atoms with E-state index in [4.69, 9.17) is 0 Å². The lowest BCUT2D eigenvalue weighted by atomic mass is 10.1. The molecule has 20 heavy (non-hydrogen) atoms. The minimum Gasteiger partial charge on any atom is -0.374 e. The first-order valence-corrected chi connectivity index (χ1v) is 7.45. The summed E-state index contributed by atoms with van der Waals surface area (Å²) >= 11 is 0. The van der Waals surface area contributed by atoms with Crippen LogP contribution in [-0.2, 0) is 21.4 Å². The van der Waals surface area contributed by atoms with E-state index in [1.165, 1.54) is 12.1 Å². The van der Waals surface area contributed by atoms with E-state index in [0.29, 0.717) is 11.3 Å². The molecule has 0 atom stereocenters. The Kier molecular flexibility index (Phi) is 3.59. The average molecular weight is 300 g/mol. The molecule has 0 bridgehead atoms. The van der Waals surface area contributed by atoms with Crippen LogP contribution in [0.5, 0.6) is 0 Å². The second-order valence-corrected chi connectivity index (χ2v) is 6.11. The van der Waals surface area contributed by atoms with E-state index in [1.54, 1.807) is 0 Å². The highest BCUT2D eigenvalue weighted by atomic mass is 32.2. The summed E-state index contributed by atoms with van der Waals surface area (Å²) in [4.78, 5) is 21.5. The highest BCUT2D eigenvalue weighted by Crippen LogP contribution is 2.33. The van der Waals surface area contributed by atoms with Crippen molar-refractivity contribution in [2.75, 3.05) is 23.4 Å². The van der Waals surface area contributed by atoms with Crippen LogP contribution in [0.3, 0.4) is 0 Å². The zero-order valence-corrected chi connectivity index (χ0v) is 11.3. The summed E-state index contributed by atoms with van der Waals surface area (Å²) in [6, 6.07) is 2.49. The number of rotatable bonds is 4. The lowest BCUT2D eigenvalue weighted by Crippen LogP contribution is -2.29. The first-order valence-electron chi connectivity index (χ1n) is 5.56. The maximum Gasteiger partial charge on any atom is 0.271 e. The van der Waals surface area contributed by atoms with Gasteiger partial charge in [-0.15, -0.1) is 0 Å². The number of hydrogen-bond acceptors (Lipinski definition) is 6. The van der Waals surface area contributed by atoms with Crippen molar-refractivity contribution in [3.8, 4) is 0 Å². The van der Waals surface area contributed by atoms with Gasteiger partial charge in [-0.2, -0.15) is 0 Å². The Labute approximate surface area is 114 Å². The number of nitro benzene ring substituents is 1. The number of nitrogens with zero attached hydrogens (tertiary/aromatic N) is 1. The minimum absolute atomic E-state index is 0.0245. The van der Waals surface area contributed by atoms with Crippen LogP contribution in [0.25, 0.3) is 0 Å². The van der Waals surface area contributed by atoms with E-state index in [2.05, 4.69) is 15.4 Å². The van der Waals surface area contributed by atoms with Crippen LogP contribution in [0.1, 0.15) is 5.56 Å². The average Bonchev–Trinajstić information content (AvgIpc) is 2.34. The third-order valence-corrected chi connectivity index (χ3v) is 3.31. The Balaban J connectivity index is 2.43. The quantitative estimate of drug-likeness (QED) is 0.530. The Hall–Kier alpha value is -2.20. The van der Waals surface area contributed by atoms with Gasteiger partial charge in [0, 0.05) is 18.7 Å². The molecule has 0 unspecified atom stereocenters. The molecule has 0 fully saturated rings. The number of nitro groups is 1. The van der Waals surface area contributed by atoms with Crippen molar-refractivity contribution >= 4 is 33.0 Å². The van der Waals surface area contributed by atoms with E-state index in [9.17, 15) is 23.3 Å². The number of sulfonamides is 1. The van der Waals surface area contributed by atoms with Gasteiger partial charge in [-0.25, -0.2) is 13.1 Å². The highest BCUT2D eigenvalue weighted by Gasteiger charge is 2.22. The maximum absolute atomic E-state index is 11.3. The molecule has 10 heteroatoms. The van der Waals surface area contributed by atoms with Gasteiger partial charge in [0.05, 0.1) is 29.1 Å². The van der Waals surface area contributed by atoms with Crippen molar-refractivity contribution in [1.29, 1.82) is 0 Å². The molecule has 108 valence electrons. The molecule has 0 saturated carbocycles. The second kappa shape index (κ2) is 5.06. The van der Waals surface area contributed by atoms with Gasteiger partial charge in [0.25, 0.3) is 5.69 Å². The number of carbonyl (C=O) groups excluding carboxylic acids is 1. The number of amides is 1. The number of carbonyl (C=O) groups is 1. The predicted molar refractivity (Wildman–Crippen MR) is 71.9 cm³/mol. The molecule has 1 aliphatic rings. The van der Waals surface area contributed by atoms with Gasteiger partial charge in [0.2, 0.25) is 15.9 Å². The van der Waals surface area contributed by atoms with Crippen LogP contribution in [0.2, 0.25) is 0 Å². The van der Waals surface area contributed by atoms with Crippen molar-refractivity contribution in [2.24, 2.45) is 0 Å². The summed E-state index contributed by atoms with van der Waals surface area (Å²) < 4.78 is 24.5. The molecule has 3 N–H and O–H groups in total. The predicted octanol–water partition coefficient (Wildman–Crippen LogP) is 0.00800. The van der Waals surface area contributed by atoms with E-state index in [0.717, 1.165) is 6.26 Å². The molecule has 0 aliphatic carbocycles. The molecule has 2 rings (SSSR count). The van der Waals surface area contributed by atoms with Crippen LogP contribution < -0.4 is 15.4 Å². The van der Waals surface area contributed by atoms with Crippen LogP contribution >= 0.6 is 0 Å². The summed E-state index contributed by atoms with van der Waals surface area (Å²) in [6.07, 6.45) is 0.992. The van der Waals surface area contributed by atoms with Crippen molar-refractivity contribution in [3.05, 3.63) is 27.8 Å². The topological polar surface area (TPSA) is 130 Å². The number of hydrogen-bond donors (Lipinski definition) is 3. The number of non-ortho nitro benzene ring substituents is 1. The summed E-state index contributed by atoms with van der Waals surface area (Å²) in [7, 11) is -3.43. The van der Waals surface area contributed by atoms with Crippen LogP contribution in [0.15, 0.2) is 12.1 Å². The van der Waals surface area contributed by atoms with E-state index in [1.807, 2.05) is 0 Å². The number of anilines is 2. The van der Waals surface area contributed by atoms with Crippen molar-refractivity contribution in [1.82, 2.24) is 4.72 Å². The molecule has 1 amide bonds. The molecular weight excluding hydrogens is 288 g/mol.